The second-order valence-electron chi connectivity index (χ2n) is 7.23. The maximum absolute atomic E-state index is 9.57. The highest BCUT2D eigenvalue weighted by Gasteiger charge is 2.31. The minimum Gasteiger partial charge on any atom is -0.395 e. The van der Waals surface area contributed by atoms with E-state index in [2.05, 4.69) is 39.0 Å². The summed E-state index contributed by atoms with van der Waals surface area (Å²) in [4.78, 5) is 9.73. The van der Waals surface area contributed by atoms with E-state index in [1.807, 2.05) is 12.3 Å². The van der Waals surface area contributed by atoms with Crippen molar-refractivity contribution in [1.82, 2.24) is 14.8 Å². The van der Waals surface area contributed by atoms with Crippen molar-refractivity contribution in [3.63, 3.8) is 0 Å². The maximum atomic E-state index is 9.57. The zero-order valence-corrected chi connectivity index (χ0v) is 14.3. The lowest BCUT2D eigenvalue weighted by molar-refractivity contribution is 0.120. The van der Waals surface area contributed by atoms with E-state index in [0.717, 1.165) is 31.6 Å². The number of aliphatic hydroxyl groups is 1. The van der Waals surface area contributed by atoms with E-state index < -0.39 is 0 Å². The van der Waals surface area contributed by atoms with Crippen LogP contribution in [0.3, 0.4) is 0 Å². The van der Waals surface area contributed by atoms with Crippen molar-refractivity contribution in [3.8, 4) is 0 Å². The Morgan fingerprint density at radius 1 is 1.00 bits per heavy atom. The largest absolute Gasteiger partial charge is 0.395 e. The lowest BCUT2D eigenvalue weighted by Crippen LogP contribution is -2.43. The standard InChI is InChI=1S/C20H27N3O/c24-15-19-9-4-12-23(19)14-18-8-3-11-22(18)13-17-6-1-5-16-7-2-10-21-20(16)17/h1-2,5-7,10,18-19,24H,3-4,8-9,11-15H2. The van der Waals surface area contributed by atoms with Gasteiger partial charge in [-0.25, -0.2) is 0 Å². The molecule has 0 saturated carbocycles. The van der Waals surface area contributed by atoms with Crippen molar-refractivity contribution in [2.75, 3.05) is 26.2 Å². The third kappa shape index (κ3) is 3.18. The molecule has 0 radical (unpaired) electrons. The fraction of sp³-hybridized carbons (Fsp3) is 0.550. The Bertz CT molecular complexity index is 684. The molecule has 1 aromatic carbocycles. The van der Waals surface area contributed by atoms with E-state index in [-0.39, 0.29) is 0 Å². The van der Waals surface area contributed by atoms with Gasteiger partial charge in [0.25, 0.3) is 0 Å². The lowest BCUT2D eigenvalue weighted by atomic mass is 10.1. The molecule has 4 heteroatoms. The molecule has 2 aliphatic heterocycles. The predicted octanol–water partition coefficient (Wildman–Crippen LogP) is 2.66. The average molecular weight is 325 g/mol. The van der Waals surface area contributed by atoms with E-state index in [4.69, 9.17) is 0 Å². The number of aliphatic hydroxyl groups excluding tert-OH is 1. The number of fused-ring (bicyclic) bond motifs is 1. The van der Waals surface area contributed by atoms with Crippen molar-refractivity contribution in [2.24, 2.45) is 0 Å². The second-order valence-corrected chi connectivity index (χ2v) is 7.23. The van der Waals surface area contributed by atoms with Crippen LogP contribution in [-0.4, -0.2) is 58.2 Å². The smallest absolute Gasteiger partial charge is 0.0746 e. The van der Waals surface area contributed by atoms with Crippen LogP contribution >= 0.6 is 0 Å². The number of rotatable bonds is 5. The first kappa shape index (κ1) is 16.0. The third-order valence-electron chi connectivity index (χ3n) is 5.74. The Hall–Kier alpha value is -1.49. The summed E-state index contributed by atoms with van der Waals surface area (Å²) < 4.78 is 0. The summed E-state index contributed by atoms with van der Waals surface area (Å²) in [5.74, 6) is 0. The number of pyridine rings is 1. The molecule has 24 heavy (non-hydrogen) atoms. The SMILES string of the molecule is OCC1CCCN1CC1CCCN1Cc1cccc2cccnc12. The number of hydrogen-bond acceptors (Lipinski definition) is 4. The van der Waals surface area contributed by atoms with E-state index in [1.165, 1.54) is 36.8 Å². The summed E-state index contributed by atoms with van der Waals surface area (Å²) in [5, 5.41) is 10.8. The lowest BCUT2D eigenvalue weighted by Gasteiger charge is -2.31. The zero-order chi connectivity index (χ0) is 16.4. The van der Waals surface area contributed by atoms with Gasteiger partial charge in [-0.3, -0.25) is 14.8 Å². The first-order valence-corrected chi connectivity index (χ1v) is 9.27. The quantitative estimate of drug-likeness (QED) is 0.917. The highest BCUT2D eigenvalue weighted by molar-refractivity contribution is 5.81. The van der Waals surface area contributed by atoms with Gasteiger partial charge in [0.1, 0.15) is 0 Å². The van der Waals surface area contributed by atoms with Crippen molar-refractivity contribution in [1.29, 1.82) is 0 Å². The summed E-state index contributed by atoms with van der Waals surface area (Å²) in [6.07, 6.45) is 6.82. The highest BCUT2D eigenvalue weighted by Crippen LogP contribution is 2.26. The van der Waals surface area contributed by atoms with E-state index in [0.29, 0.717) is 18.7 Å². The molecule has 0 aliphatic carbocycles. The molecular formula is C20H27N3O. The van der Waals surface area contributed by atoms with Crippen LogP contribution in [0.2, 0.25) is 0 Å². The van der Waals surface area contributed by atoms with Crippen LogP contribution in [0.15, 0.2) is 36.5 Å². The molecule has 0 amide bonds. The average Bonchev–Trinajstić information content (AvgIpc) is 3.25. The highest BCUT2D eigenvalue weighted by atomic mass is 16.3. The monoisotopic (exact) mass is 325 g/mol. The Morgan fingerprint density at radius 2 is 1.79 bits per heavy atom. The third-order valence-corrected chi connectivity index (χ3v) is 5.74. The molecule has 2 aromatic rings. The maximum Gasteiger partial charge on any atom is 0.0746 e. The van der Waals surface area contributed by atoms with Gasteiger partial charge in [-0.1, -0.05) is 24.3 Å². The van der Waals surface area contributed by atoms with Crippen LogP contribution in [0.5, 0.6) is 0 Å². The van der Waals surface area contributed by atoms with Gasteiger partial charge in [-0.05, 0) is 50.4 Å². The summed E-state index contributed by atoms with van der Waals surface area (Å²) in [6, 6.07) is 11.6. The van der Waals surface area contributed by atoms with E-state index >= 15 is 0 Å². The second kappa shape index (κ2) is 7.18. The van der Waals surface area contributed by atoms with Crippen LogP contribution in [-0.2, 0) is 6.54 Å². The molecule has 2 saturated heterocycles. The fourth-order valence-electron chi connectivity index (χ4n) is 4.44. The zero-order valence-electron chi connectivity index (χ0n) is 14.3. The molecule has 1 N–H and O–H groups in total. The number of hydrogen-bond donors (Lipinski definition) is 1. The van der Waals surface area contributed by atoms with Crippen molar-refractivity contribution >= 4 is 10.9 Å². The Kier molecular flexibility index (Phi) is 4.79. The minimum atomic E-state index is 0.306. The van der Waals surface area contributed by atoms with Crippen molar-refractivity contribution in [3.05, 3.63) is 42.1 Å². The fourth-order valence-corrected chi connectivity index (χ4v) is 4.44. The molecule has 4 rings (SSSR count). The van der Waals surface area contributed by atoms with E-state index in [9.17, 15) is 5.11 Å². The summed E-state index contributed by atoms with van der Waals surface area (Å²) in [7, 11) is 0. The van der Waals surface area contributed by atoms with Gasteiger partial charge in [0, 0.05) is 36.8 Å². The number of nitrogens with zero attached hydrogens (tertiary/aromatic N) is 3. The molecule has 2 unspecified atom stereocenters. The van der Waals surface area contributed by atoms with Crippen LogP contribution < -0.4 is 0 Å². The van der Waals surface area contributed by atoms with Crippen molar-refractivity contribution in [2.45, 2.75) is 44.3 Å². The molecule has 0 bridgehead atoms. The van der Waals surface area contributed by atoms with Crippen LogP contribution in [0, 0.1) is 0 Å². The van der Waals surface area contributed by atoms with Crippen molar-refractivity contribution < 1.29 is 5.11 Å². The molecule has 2 atom stereocenters. The van der Waals surface area contributed by atoms with Gasteiger partial charge in [0.15, 0.2) is 0 Å². The molecule has 2 aliphatic rings. The predicted molar refractivity (Wildman–Crippen MR) is 96.9 cm³/mol. The van der Waals surface area contributed by atoms with Gasteiger partial charge >= 0.3 is 0 Å². The molecule has 2 fully saturated rings. The topological polar surface area (TPSA) is 39.6 Å². The minimum absolute atomic E-state index is 0.306. The van der Waals surface area contributed by atoms with Gasteiger partial charge in [-0.2, -0.15) is 0 Å². The molecule has 128 valence electrons. The van der Waals surface area contributed by atoms with Crippen LogP contribution in [0.25, 0.3) is 10.9 Å². The van der Waals surface area contributed by atoms with E-state index in [1.54, 1.807) is 0 Å². The van der Waals surface area contributed by atoms with Crippen LogP contribution in [0.1, 0.15) is 31.2 Å². The van der Waals surface area contributed by atoms with Gasteiger partial charge in [0.05, 0.1) is 12.1 Å². The number of para-hydroxylation sites is 1. The Labute approximate surface area is 144 Å². The summed E-state index contributed by atoms with van der Waals surface area (Å²) >= 11 is 0. The molecule has 1 aromatic heterocycles. The molecule has 4 nitrogen and oxygen atoms in total. The first-order chi connectivity index (χ1) is 11.8. The molecule has 3 heterocycles. The number of benzene rings is 1. The number of likely N-dealkylation sites (tertiary alicyclic amines) is 2. The number of aromatic nitrogens is 1. The first-order valence-electron chi connectivity index (χ1n) is 9.27. The Morgan fingerprint density at radius 3 is 2.67 bits per heavy atom. The molecular weight excluding hydrogens is 298 g/mol. The summed E-state index contributed by atoms with van der Waals surface area (Å²) in [6.45, 7) is 4.71. The van der Waals surface area contributed by atoms with Crippen LogP contribution in [0.4, 0.5) is 0 Å². The Balaban J connectivity index is 1.49. The molecule has 0 spiro atoms. The normalized spacial score (nSPS) is 25.7. The van der Waals surface area contributed by atoms with Gasteiger partial charge in [-0.15, -0.1) is 0 Å². The summed E-state index contributed by atoms with van der Waals surface area (Å²) in [5.41, 5.74) is 2.47. The van der Waals surface area contributed by atoms with Gasteiger partial charge < -0.3 is 5.11 Å². The van der Waals surface area contributed by atoms with Gasteiger partial charge in [0.2, 0.25) is 0 Å².